The molecule has 0 fully saturated rings. The predicted octanol–water partition coefficient (Wildman–Crippen LogP) is 8.40. The summed E-state index contributed by atoms with van der Waals surface area (Å²) in [4.78, 5) is 9.60. The first-order chi connectivity index (χ1) is 18.8. The van der Waals surface area contributed by atoms with Gasteiger partial charge in [-0.1, -0.05) is 97.1 Å². The van der Waals surface area contributed by atoms with Crippen molar-refractivity contribution in [3.8, 4) is 28.3 Å². The molecule has 0 saturated carbocycles. The highest BCUT2D eigenvalue weighted by Gasteiger charge is 2.12. The van der Waals surface area contributed by atoms with Gasteiger partial charge < -0.3 is 0 Å². The number of fused-ring (bicyclic) bond motifs is 2. The number of aromatic nitrogens is 1. The fourth-order valence-electron chi connectivity index (χ4n) is 4.93. The summed E-state index contributed by atoms with van der Waals surface area (Å²) in [6, 6.07) is 35.5. The van der Waals surface area contributed by atoms with Crippen LogP contribution in [0.1, 0.15) is 28.8 Å². The Morgan fingerprint density at radius 2 is 1.29 bits per heavy atom. The van der Waals surface area contributed by atoms with E-state index in [1.165, 1.54) is 16.3 Å². The third-order valence-electron chi connectivity index (χ3n) is 6.91. The molecule has 0 saturated heterocycles. The van der Waals surface area contributed by atoms with E-state index < -0.39 is 0 Å². The lowest BCUT2D eigenvalue weighted by molar-refractivity contribution is 0.984. The van der Waals surface area contributed by atoms with Gasteiger partial charge in [0.15, 0.2) is 0 Å². The summed E-state index contributed by atoms with van der Waals surface area (Å²) < 4.78 is 0. The number of rotatable bonds is 3. The molecule has 0 aliphatic carbocycles. The Morgan fingerprint density at radius 1 is 0.632 bits per heavy atom. The minimum absolute atomic E-state index is 0.535. The SMILES string of the molecule is N#Cc1ccc(-c2ccc(-c3ccc(C4=NCc5ncccc5/C=C\CC=C4)c4ccccc34)cc2)cc1. The molecule has 38 heavy (non-hydrogen) atoms. The summed E-state index contributed by atoms with van der Waals surface area (Å²) in [5.74, 6) is 0. The number of allylic oxidation sites excluding steroid dienone is 3. The normalized spacial score (nSPS) is 13.8. The molecule has 4 aromatic carbocycles. The standard InChI is InChI=1S/C35H25N3/c36-23-25-12-14-26(15-13-25)27-16-18-28(19-17-27)30-20-21-33(32-10-5-4-9-31(30)32)34-11-3-1-2-7-29-8-6-22-37-35(29)24-38-34/h2-22H,1,24H2/b7-2-,11-3?,38-34?. The summed E-state index contributed by atoms with van der Waals surface area (Å²) in [6.45, 7) is 0.535. The Kier molecular flexibility index (Phi) is 6.45. The minimum Gasteiger partial charge on any atom is -0.278 e. The number of hydrogen-bond acceptors (Lipinski definition) is 3. The van der Waals surface area contributed by atoms with Gasteiger partial charge in [0.25, 0.3) is 0 Å². The summed E-state index contributed by atoms with van der Waals surface area (Å²) >= 11 is 0. The third-order valence-corrected chi connectivity index (χ3v) is 6.91. The number of pyridine rings is 1. The number of benzene rings is 4. The molecule has 5 aromatic rings. The zero-order chi connectivity index (χ0) is 25.7. The van der Waals surface area contributed by atoms with Gasteiger partial charge in [-0.25, -0.2) is 0 Å². The molecule has 3 nitrogen and oxygen atoms in total. The molecular weight excluding hydrogens is 462 g/mol. The van der Waals surface area contributed by atoms with Crippen molar-refractivity contribution in [1.29, 1.82) is 5.26 Å². The van der Waals surface area contributed by atoms with Crippen LogP contribution >= 0.6 is 0 Å². The Bertz CT molecular complexity index is 1750. The maximum Gasteiger partial charge on any atom is 0.0991 e. The van der Waals surface area contributed by atoms with Crippen LogP contribution in [0.3, 0.4) is 0 Å². The molecule has 0 N–H and O–H groups in total. The Labute approximate surface area is 222 Å². The first-order valence-corrected chi connectivity index (χ1v) is 12.7. The van der Waals surface area contributed by atoms with Crippen LogP contribution in [0.25, 0.3) is 39.1 Å². The van der Waals surface area contributed by atoms with E-state index in [9.17, 15) is 0 Å². The van der Waals surface area contributed by atoms with Crippen LogP contribution in [0.15, 0.2) is 126 Å². The molecule has 1 aliphatic heterocycles. The van der Waals surface area contributed by atoms with Gasteiger partial charge >= 0.3 is 0 Å². The van der Waals surface area contributed by atoms with Crippen molar-refractivity contribution >= 4 is 22.6 Å². The summed E-state index contributed by atoms with van der Waals surface area (Å²) in [7, 11) is 0. The first-order valence-electron chi connectivity index (χ1n) is 12.7. The molecular formula is C35H25N3. The molecule has 2 heterocycles. The lowest BCUT2D eigenvalue weighted by Gasteiger charge is -2.13. The second-order valence-electron chi connectivity index (χ2n) is 9.25. The molecule has 1 aromatic heterocycles. The van der Waals surface area contributed by atoms with Crippen molar-refractivity contribution < 1.29 is 0 Å². The van der Waals surface area contributed by atoms with Crippen LogP contribution in [0, 0.1) is 11.3 Å². The highest BCUT2D eigenvalue weighted by Crippen LogP contribution is 2.33. The van der Waals surface area contributed by atoms with E-state index in [2.05, 4.69) is 102 Å². The molecule has 0 unspecified atom stereocenters. The zero-order valence-electron chi connectivity index (χ0n) is 20.9. The smallest absolute Gasteiger partial charge is 0.0991 e. The number of nitriles is 1. The van der Waals surface area contributed by atoms with Crippen LogP contribution < -0.4 is 0 Å². The molecule has 0 bridgehead atoms. The number of aliphatic imine (C=N–C) groups is 1. The number of hydrogen-bond donors (Lipinski definition) is 0. The second-order valence-corrected chi connectivity index (χ2v) is 9.25. The average Bonchev–Trinajstić information content (AvgIpc) is 2.99. The topological polar surface area (TPSA) is 49.0 Å². The van der Waals surface area contributed by atoms with E-state index in [1.807, 2.05) is 36.5 Å². The minimum atomic E-state index is 0.535. The average molecular weight is 488 g/mol. The summed E-state index contributed by atoms with van der Waals surface area (Å²) in [5.41, 5.74) is 9.45. The van der Waals surface area contributed by atoms with Crippen molar-refractivity contribution in [3.05, 3.63) is 144 Å². The lowest BCUT2D eigenvalue weighted by Crippen LogP contribution is -2.02. The maximum absolute atomic E-state index is 9.07. The molecule has 1 aliphatic rings. The second kappa shape index (κ2) is 10.5. The first kappa shape index (κ1) is 23.3. The third kappa shape index (κ3) is 4.68. The van der Waals surface area contributed by atoms with Gasteiger partial charge in [0.05, 0.1) is 29.6 Å². The van der Waals surface area contributed by atoms with Crippen molar-refractivity contribution in [2.45, 2.75) is 13.0 Å². The Hall–Kier alpha value is -5.07. The van der Waals surface area contributed by atoms with Crippen molar-refractivity contribution in [1.82, 2.24) is 4.98 Å². The van der Waals surface area contributed by atoms with Gasteiger partial charge in [-0.2, -0.15) is 5.26 Å². The molecule has 0 spiro atoms. The van der Waals surface area contributed by atoms with Crippen LogP contribution in [0.4, 0.5) is 0 Å². The van der Waals surface area contributed by atoms with Crippen LogP contribution in [-0.4, -0.2) is 10.7 Å². The zero-order valence-corrected chi connectivity index (χ0v) is 20.9. The van der Waals surface area contributed by atoms with E-state index >= 15 is 0 Å². The molecule has 3 heteroatoms. The van der Waals surface area contributed by atoms with Gasteiger partial charge in [-0.05, 0) is 69.3 Å². The monoisotopic (exact) mass is 487 g/mol. The van der Waals surface area contributed by atoms with E-state index in [1.54, 1.807) is 0 Å². The van der Waals surface area contributed by atoms with Crippen molar-refractivity contribution in [2.24, 2.45) is 4.99 Å². The van der Waals surface area contributed by atoms with E-state index in [4.69, 9.17) is 10.3 Å². The van der Waals surface area contributed by atoms with E-state index in [-0.39, 0.29) is 0 Å². The van der Waals surface area contributed by atoms with Gasteiger partial charge in [-0.15, -0.1) is 0 Å². The van der Waals surface area contributed by atoms with Gasteiger partial charge in [0.1, 0.15) is 0 Å². The van der Waals surface area contributed by atoms with Crippen LogP contribution in [0.2, 0.25) is 0 Å². The van der Waals surface area contributed by atoms with Gasteiger partial charge in [-0.3, -0.25) is 9.98 Å². The predicted molar refractivity (Wildman–Crippen MR) is 157 cm³/mol. The van der Waals surface area contributed by atoms with Crippen LogP contribution in [-0.2, 0) is 6.54 Å². The summed E-state index contributed by atoms with van der Waals surface area (Å²) in [5, 5.41) is 11.4. The summed E-state index contributed by atoms with van der Waals surface area (Å²) in [6.07, 6.45) is 11.3. The van der Waals surface area contributed by atoms with Crippen molar-refractivity contribution in [2.75, 3.05) is 0 Å². The highest BCUT2D eigenvalue weighted by atomic mass is 14.8. The van der Waals surface area contributed by atoms with Crippen LogP contribution in [0.5, 0.6) is 0 Å². The quantitative estimate of drug-likeness (QED) is 0.256. The van der Waals surface area contributed by atoms with Crippen molar-refractivity contribution in [3.63, 3.8) is 0 Å². The molecule has 0 atom stereocenters. The molecule has 0 amide bonds. The molecule has 180 valence electrons. The van der Waals surface area contributed by atoms with E-state index in [0.717, 1.165) is 45.6 Å². The Balaban J connectivity index is 1.39. The van der Waals surface area contributed by atoms with Gasteiger partial charge in [0.2, 0.25) is 0 Å². The fraction of sp³-hybridized carbons (Fsp3) is 0.0571. The molecule has 0 radical (unpaired) electrons. The maximum atomic E-state index is 9.07. The lowest BCUT2D eigenvalue weighted by atomic mass is 9.92. The largest absolute Gasteiger partial charge is 0.278 e. The Morgan fingerprint density at radius 3 is 2.05 bits per heavy atom. The van der Waals surface area contributed by atoms with Gasteiger partial charge in [0, 0.05) is 11.8 Å². The fourth-order valence-corrected chi connectivity index (χ4v) is 4.93. The van der Waals surface area contributed by atoms with E-state index in [0.29, 0.717) is 12.1 Å². The number of nitrogens with zero attached hydrogens (tertiary/aromatic N) is 3. The molecule has 6 rings (SSSR count). The highest BCUT2D eigenvalue weighted by molar-refractivity contribution is 6.18.